The lowest BCUT2D eigenvalue weighted by Crippen LogP contribution is -1.93. The summed E-state index contributed by atoms with van der Waals surface area (Å²) in [5.41, 5.74) is 0. The van der Waals surface area contributed by atoms with Crippen molar-refractivity contribution in [3.8, 4) is 0 Å². The van der Waals surface area contributed by atoms with E-state index in [0.29, 0.717) is 6.42 Å². The van der Waals surface area contributed by atoms with E-state index in [9.17, 15) is 4.79 Å². The van der Waals surface area contributed by atoms with Gasteiger partial charge < -0.3 is 5.11 Å². The molecule has 0 aliphatic rings. The molecule has 0 saturated carbocycles. The van der Waals surface area contributed by atoms with Crippen LogP contribution in [0.2, 0.25) is 0 Å². The number of unbranched alkanes of at least 4 members (excludes halogenated alkanes) is 10. The van der Waals surface area contributed by atoms with Crippen LogP contribution in [0.4, 0.5) is 0 Å². The van der Waals surface area contributed by atoms with E-state index < -0.39 is 5.97 Å². The monoisotopic (exact) mass is 280 g/mol. The normalized spacial score (nSPS) is 11.0. The highest BCUT2D eigenvalue weighted by Crippen LogP contribution is 2.09. The minimum atomic E-state index is -0.669. The molecule has 0 fully saturated rings. The topological polar surface area (TPSA) is 37.3 Å². The summed E-state index contributed by atoms with van der Waals surface area (Å²) in [7, 11) is 0. The number of carbonyl (C=O) groups is 1. The predicted molar refractivity (Wildman–Crippen MR) is 87.0 cm³/mol. The number of carboxylic acid groups (broad SMARTS) is 1. The SMILES string of the molecule is C=CCCCCCC/C=C\CCCCCCCC(=O)O. The molecule has 0 heterocycles. The van der Waals surface area contributed by atoms with Gasteiger partial charge in [0, 0.05) is 6.42 Å². The fraction of sp³-hybridized carbons (Fsp3) is 0.722. The quantitative estimate of drug-likeness (QED) is 0.300. The molecular formula is C18H32O2. The molecule has 2 nitrogen and oxygen atoms in total. The van der Waals surface area contributed by atoms with Crippen LogP contribution >= 0.6 is 0 Å². The van der Waals surface area contributed by atoms with Gasteiger partial charge in [0.1, 0.15) is 0 Å². The minimum Gasteiger partial charge on any atom is -0.481 e. The first-order valence-electron chi connectivity index (χ1n) is 8.25. The van der Waals surface area contributed by atoms with Crippen molar-refractivity contribution in [2.24, 2.45) is 0 Å². The largest absolute Gasteiger partial charge is 0.481 e. The van der Waals surface area contributed by atoms with Gasteiger partial charge in [-0.3, -0.25) is 4.79 Å². The highest BCUT2D eigenvalue weighted by atomic mass is 16.4. The number of aliphatic carboxylic acids is 1. The molecule has 0 rings (SSSR count). The number of hydrogen-bond acceptors (Lipinski definition) is 1. The molecule has 20 heavy (non-hydrogen) atoms. The molecule has 0 unspecified atom stereocenters. The lowest BCUT2D eigenvalue weighted by molar-refractivity contribution is -0.137. The Morgan fingerprint density at radius 3 is 1.70 bits per heavy atom. The second-order valence-corrected chi connectivity index (χ2v) is 5.45. The van der Waals surface area contributed by atoms with Crippen molar-refractivity contribution in [2.45, 2.75) is 83.5 Å². The van der Waals surface area contributed by atoms with Crippen LogP contribution < -0.4 is 0 Å². The highest BCUT2D eigenvalue weighted by Gasteiger charge is 1.95. The van der Waals surface area contributed by atoms with Gasteiger partial charge >= 0.3 is 5.97 Å². The molecule has 1 N–H and O–H groups in total. The summed E-state index contributed by atoms with van der Waals surface area (Å²) in [6.45, 7) is 3.73. The Morgan fingerprint density at radius 2 is 1.20 bits per heavy atom. The zero-order chi connectivity index (χ0) is 14.9. The van der Waals surface area contributed by atoms with Gasteiger partial charge in [-0.1, -0.05) is 50.3 Å². The van der Waals surface area contributed by atoms with Crippen molar-refractivity contribution >= 4 is 5.97 Å². The number of rotatable bonds is 15. The molecule has 0 saturated heterocycles. The summed E-state index contributed by atoms with van der Waals surface area (Å²) >= 11 is 0. The Balaban J connectivity index is 3.08. The van der Waals surface area contributed by atoms with Crippen molar-refractivity contribution in [1.29, 1.82) is 0 Å². The zero-order valence-electron chi connectivity index (χ0n) is 13.0. The maximum atomic E-state index is 10.3. The molecule has 116 valence electrons. The second kappa shape index (κ2) is 16.0. The van der Waals surface area contributed by atoms with Gasteiger partial charge in [0.25, 0.3) is 0 Å². The van der Waals surface area contributed by atoms with Gasteiger partial charge in [-0.25, -0.2) is 0 Å². The first kappa shape index (κ1) is 18.9. The Bertz CT molecular complexity index is 256. The zero-order valence-corrected chi connectivity index (χ0v) is 13.0. The third kappa shape index (κ3) is 16.9. The van der Waals surface area contributed by atoms with Crippen LogP contribution in [0, 0.1) is 0 Å². The highest BCUT2D eigenvalue weighted by molar-refractivity contribution is 5.66. The van der Waals surface area contributed by atoms with Crippen LogP contribution in [0.3, 0.4) is 0 Å². The number of carboxylic acids is 1. The molecule has 0 amide bonds. The van der Waals surface area contributed by atoms with Crippen LogP contribution in [-0.4, -0.2) is 11.1 Å². The van der Waals surface area contributed by atoms with E-state index in [0.717, 1.165) is 19.3 Å². The molecular weight excluding hydrogens is 248 g/mol. The Morgan fingerprint density at radius 1 is 0.750 bits per heavy atom. The molecule has 0 radical (unpaired) electrons. The first-order valence-corrected chi connectivity index (χ1v) is 8.25. The van der Waals surface area contributed by atoms with E-state index in [1.54, 1.807) is 0 Å². The molecule has 0 bridgehead atoms. The number of hydrogen-bond donors (Lipinski definition) is 1. The van der Waals surface area contributed by atoms with E-state index >= 15 is 0 Å². The van der Waals surface area contributed by atoms with E-state index in [1.807, 2.05) is 6.08 Å². The third-order valence-electron chi connectivity index (χ3n) is 3.46. The Labute approximate surface area is 125 Å². The van der Waals surface area contributed by atoms with E-state index in [1.165, 1.54) is 57.8 Å². The van der Waals surface area contributed by atoms with Gasteiger partial charge in [-0.15, -0.1) is 6.58 Å². The van der Waals surface area contributed by atoms with Gasteiger partial charge in [0.15, 0.2) is 0 Å². The molecule has 0 aliphatic heterocycles. The molecule has 0 spiro atoms. The fourth-order valence-electron chi connectivity index (χ4n) is 2.21. The van der Waals surface area contributed by atoms with Crippen LogP contribution in [-0.2, 0) is 4.79 Å². The van der Waals surface area contributed by atoms with Crippen molar-refractivity contribution in [3.63, 3.8) is 0 Å². The van der Waals surface area contributed by atoms with Crippen LogP contribution in [0.25, 0.3) is 0 Å². The van der Waals surface area contributed by atoms with Crippen LogP contribution in [0.15, 0.2) is 24.8 Å². The first-order chi connectivity index (χ1) is 9.77. The molecule has 0 aromatic carbocycles. The van der Waals surface area contributed by atoms with Crippen LogP contribution in [0.5, 0.6) is 0 Å². The Kier molecular flexibility index (Phi) is 15.2. The smallest absolute Gasteiger partial charge is 0.303 e. The van der Waals surface area contributed by atoms with Crippen molar-refractivity contribution < 1.29 is 9.90 Å². The third-order valence-corrected chi connectivity index (χ3v) is 3.46. The maximum absolute atomic E-state index is 10.3. The average Bonchev–Trinajstić information content (AvgIpc) is 2.43. The molecule has 0 aromatic rings. The van der Waals surface area contributed by atoms with Crippen molar-refractivity contribution in [1.82, 2.24) is 0 Å². The summed E-state index contributed by atoms with van der Waals surface area (Å²) in [5.74, 6) is -0.669. The van der Waals surface area contributed by atoms with Gasteiger partial charge in [0.05, 0.1) is 0 Å². The minimum absolute atomic E-state index is 0.326. The van der Waals surface area contributed by atoms with Gasteiger partial charge in [-0.05, 0) is 44.9 Å². The second-order valence-electron chi connectivity index (χ2n) is 5.45. The maximum Gasteiger partial charge on any atom is 0.303 e. The number of allylic oxidation sites excluding steroid dienone is 3. The summed E-state index contributed by atoms with van der Waals surface area (Å²) in [6.07, 6.45) is 21.3. The van der Waals surface area contributed by atoms with E-state index in [4.69, 9.17) is 5.11 Å². The standard InChI is InChI=1S/C18H32O2/c1-2-3-4-5-6-7-8-9-10-11-12-13-14-15-16-17-18(19)20/h2,9-10H,1,3-8,11-17H2,(H,19,20)/b10-9-. The van der Waals surface area contributed by atoms with Gasteiger partial charge in [0.2, 0.25) is 0 Å². The lowest BCUT2D eigenvalue weighted by Gasteiger charge is -1.98. The molecule has 0 aromatic heterocycles. The van der Waals surface area contributed by atoms with Gasteiger partial charge in [-0.2, -0.15) is 0 Å². The lowest BCUT2D eigenvalue weighted by atomic mass is 10.1. The molecule has 0 aliphatic carbocycles. The molecule has 2 heteroatoms. The average molecular weight is 280 g/mol. The summed E-state index contributed by atoms with van der Waals surface area (Å²) in [4.78, 5) is 10.3. The van der Waals surface area contributed by atoms with E-state index in [-0.39, 0.29) is 0 Å². The summed E-state index contributed by atoms with van der Waals surface area (Å²) < 4.78 is 0. The van der Waals surface area contributed by atoms with Crippen LogP contribution in [0.1, 0.15) is 83.5 Å². The molecule has 0 atom stereocenters. The summed E-state index contributed by atoms with van der Waals surface area (Å²) in [5, 5.41) is 8.50. The Hall–Kier alpha value is -1.05. The predicted octanol–water partition coefficient (Wildman–Crippen LogP) is 5.88. The fourth-order valence-corrected chi connectivity index (χ4v) is 2.21. The summed E-state index contributed by atoms with van der Waals surface area (Å²) in [6, 6.07) is 0. The van der Waals surface area contributed by atoms with Crippen molar-refractivity contribution in [2.75, 3.05) is 0 Å². The van der Waals surface area contributed by atoms with Crippen molar-refractivity contribution in [3.05, 3.63) is 24.8 Å². The van der Waals surface area contributed by atoms with E-state index in [2.05, 4.69) is 18.7 Å².